The fourth-order valence-corrected chi connectivity index (χ4v) is 3.08. The van der Waals surface area contributed by atoms with Crippen LogP contribution in [-0.4, -0.2) is 48.9 Å². The van der Waals surface area contributed by atoms with Crippen molar-refractivity contribution in [2.75, 3.05) is 33.2 Å². The van der Waals surface area contributed by atoms with Gasteiger partial charge in [0.15, 0.2) is 0 Å². The second-order valence-electron chi connectivity index (χ2n) is 6.22. The molecule has 0 unspecified atom stereocenters. The minimum absolute atomic E-state index is 0.0991. The molecule has 1 heterocycles. The summed E-state index contributed by atoms with van der Waals surface area (Å²) in [6.07, 6.45) is 2.58. The SMILES string of the molecule is CN(CCN1CCCC1)C(=O)c1cccc(-c2ccccc2)c1. The van der Waals surface area contributed by atoms with Crippen molar-refractivity contribution in [2.45, 2.75) is 12.8 Å². The first-order valence-electron chi connectivity index (χ1n) is 8.37. The van der Waals surface area contributed by atoms with E-state index in [1.165, 1.54) is 25.9 Å². The Balaban J connectivity index is 1.67. The Morgan fingerprint density at radius 3 is 2.43 bits per heavy atom. The molecule has 1 fully saturated rings. The van der Waals surface area contributed by atoms with Gasteiger partial charge >= 0.3 is 0 Å². The zero-order chi connectivity index (χ0) is 16.1. The largest absolute Gasteiger partial charge is 0.340 e. The van der Waals surface area contributed by atoms with E-state index in [9.17, 15) is 4.79 Å². The molecule has 0 atom stereocenters. The molecule has 2 aromatic rings. The lowest BCUT2D eigenvalue weighted by atomic mass is 10.0. The number of hydrogen-bond acceptors (Lipinski definition) is 2. The summed E-state index contributed by atoms with van der Waals surface area (Å²) in [4.78, 5) is 16.9. The molecule has 0 spiro atoms. The third-order valence-electron chi connectivity index (χ3n) is 4.51. The van der Waals surface area contributed by atoms with E-state index in [2.05, 4.69) is 23.1 Å². The highest BCUT2D eigenvalue weighted by Crippen LogP contribution is 2.20. The molecule has 1 saturated heterocycles. The van der Waals surface area contributed by atoms with Gasteiger partial charge in [0.1, 0.15) is 0 Å². The van der Waals surface area contributed by atoms with Crippen LogP contribution in [0.25, 0.3) is 11.1 Å². The second kappa shape index (κ2) is 7.42. The van der Waals surface area contributed by atoms with Crippen LogP contribution in [-0.2, 0) is 0 Å². The lowest BCUT2D eigenvalue weighted by Crippen LogP contribution is -2.35. The van der Waals surface area contributed by atoms with E-state index in [1.807, 2.05) is 48.3 Å². The van der Waals surface area contributed by atoms with E-state index in [0.29, 0.717) is 0 Å². The molecular weight excluding hydrogens is 284 g/mol. The van der Waals surface area contributed by atoms with Crippen LogP contribution in [0.1, 0.15) is 23.2 Å². The highest BCUT2D eigenvalue weighted by molar-refractivity contribution is 5.95. The zero-order valence-electron chi connectivity index (χ0n) is 13.7. The minimum Gasteiger partial charge on any atom is -0.340 e. The molecular formula is C20H24N2O. The van der Waals surface area contributed by atoms with Gasteiger partial charge < -0.3 is 9.80 Å². The first-order valence-corrected chi connectivity index (χ1v) is 8.37. The van der Waals surface area contributed by atoms with Gasteiger partial charge in [0.2, 0.25) is 0 Å². The molecule has 0 N–H and O–H groups in total. The van der Waals surface area contributed by atoms with Gasteiger partial charge in [-0.25, -0.2) is 0 Å². The summed E-state index contributed by atoms with van der Waals surface area (Å²) in [7, 11) is 1.90. The average molecular weight is 308 g/mol. The molecule has 1 amide bonds. The summed E-state index contributed by atoms with van der Waals surface area (Å²) < 4.78 is 0. The van der Waals surface area contributed by atoms with Crippen LogP contribution in [0.3, 0.4) is 0 Å². The number of likely N-dealkylation sites (tertiary alicyclic amines) is 1. The number of carbonyl (C=O) groups excluding carboxylic acids is 1. The number of carbonyl (C=O) groups is 1. The number of rotatable bonds is 5. The number of amides is 1. The Bertz CT molecular complexity index is 648. The predicted molar refractivity (Wildman–Crippen MR) is 94.5 cm³/mol. The van der Waals surface area contributed by atoms with Crippen LogP contribution in [0, 0.1) is 0 Å². The first kappa shape index (κ1) is 15.8. The number of hydrogen-bond donors (Lipinski definition) is 0. The van der Waals surface area contributed by atoms with Gasteiger partial charge in [-0.2, -0.15) is 0 Å². The molecule has 23 heavy (non-hydrogen) atoms. The van der Waals surface area contributed by atoms with E-state index in [0.717, 1.165) is 29.8 Å². The van der Waals surface area contributed by atoms with Crippen molar-refractivity contribution >= 4 is 5.91 Å². The highest BCUT2D eigenvalue weighted by Gasteiger charge is 2.15. The maximum Gasteiger partial charge on any atom is 0.253 e. The summed E-state index contributed by atoms with van der Waals surface area (Å²) in [5.74, 6) is 0.0991. The predicted octanol–water partition coefficient (Wildman–Crippen LogP) is 3.52. The lowest BCUT2D eigenvalue weighted by molar-refractivity contribution is 0.0782. The smallest absolute Gasteiger partial charge is 0.253 e. The van der Waals surface area contributed by atoms with Crippen molar-refractivity contribution in [3.05, 3.63) is 60.2 Å². The van der Waals surface area contributed by atoms with Crippen molar-refractivity contribution in [3.8, 4) is 11.1 Å². The molecule has 1 aliphatic heterocycles. The quantitative estimate of drug-likeness (QED) is 0.844. The third-order valence-corrected chi connectivity index (χ3v) is 4.51. The van der Waals surface area contributed by atoms with E-state index in [1.54, 1.807) is 0 Å². The van der Waals surface area contributed by atoms with E-state index < -0.39 is 0 Å². The molecule has 0 radical (unpaired) electrons. The van der Waals surface area contributed by atoms with Gasteiger partial charge in [-0.1, -0.05) is 42.5 Å². The van der Waals surface area contributed by atoms with Gasteiger partial charge in [0.05, 0.1) is 0 Å². The van der Waals surface area contributed by atoms with Crippen molar-refractivity contribution in [1.29, 1.82) is 0 Å². The van der Waals surface area contributed by atoms with Crippen LogP contribution in [0.4, 0.5) is 0 Å². The summed E-state index contributed by atoms with van der Waals surface area (Å²) in [5.41, 5.74) is 2.99. The van der Waals surface area contributed by atoms with Crippen LogP contribution >= 0.6 is 0 Å². The standard InChI is InChI=1S/C20H24N2O/c1-21(14-15-22-12-5-6-13-22)20(23)19-11-7-10-18(16-19)17-8-3-2-4-9-17/h2-4,7-11,16H,5-6,12-15H2,1H3. The fraction of sp³-hybridized carbons (Fsp3) is 0.350. The van der Waals surface area contributed by atoms with Gasteiger partial charge in [-0.05, 0) is 49.2 Å². The molecule has 3 nitrogen and oxygen atoms in total. The molecule has 0 aromatic heterocycles. The van der Waals surface area contributed by atoms with Crippen LogP contribution in [0.15, 0.2) is 54.6 Å². The lowest BCUT2D eigenvalue weighted by Gasteiger charge is -2.21. The molecule has 0 bridgehead atoms. The maximum absolute atomic E-state index is 12.6. The van der Waals surface area contributed by atoms with Crippen LogP contribution < -0.4 is 0 Å². The third kappa shape index (κ3) is 3.99. The molecule has 1 aliphatic rings. The van der Waals surface area contributed by atoms with E-state index >= 15 is 0 Å². The van der Waals surface area contributed by atoms with Gasteiger partial charge in [-0.15, -0.1) is 0 Å². The Morgan fingerprint density at radius 2 is 1.70 bits per heavy atom. The van der Waals surface area contributed by atoms with Crippen molar-refractivity contribution in [2.24, 2.45) is 0 Å². The molecule has 0 saturated carbocycles. The normalized spacial score (nSPS) is 14.8. The van der Waals surface area contributed by atoms with Crippen molar-refractivity contribution in [3.63, 3.8) is 0 Å². The average Bonchev–Trinajstić information content (AvgIpc) is 3.13. The Morgan fingerprint density at radius 1 is 1.00 bits per heavy atom. The zero-order valence-corrected chi connectivity index (χ0v) is 13.7. The van der Waals surface area contributed by atoms with E-state index in [4.69, 9.17) is 0 Å². The Hall–Kier alpha value is -2.13. The fourth-order valence-electron chi connectivity index (χ4n) is 3.08. The number of benzene rings is 2. The van der Waals surface area contributed by atoms with Crippen molar-refractivity contribution < 1.29 is 4.79 Å². The maximum atomic E-state index is 12.6. The minimum atomic E-state index is 0.0991. The van der Waals surface area contributed by atoms with Crippen molar-refractivity contribution in [1.82, 2.24) is 9.80 Å². The molecule has 3 heteroatoms. The van der Waals surface area contributed by atoms with Crippen LogP contribution in [0.5, 0.6) is 0 Å². The van der Waals surface area contributed by atoms with Gasteiger partial charge in [-0.3, -0.25) is 4.79 Å². The summed E-state index contributed by atoms with van der Waals surface area (Å²) in [6, 6.07) is 18.1. The molecule has 2 aromatic carbocycles. The highest BCUT2D eigenvalue weighted by atomic mass is 16.2. The molecule has 3 rings (SSSR count). The summed E-state index contributed by atoms with van der Waals surface area (Å²) in [5, 5.41) is 0. The first-order chi connectivity index (χ1) is 11.2. The van der Waals surface area contributed by atoms with Gasteiger partial charge in [0.25, 0.3) is 5.91 Å². The van der Waals surface area contributed by atoms with Crippen LogP contribution in [0.2, 0.25) is 0 Å². The van der Waals surface area contributed by atoms with Gasteiger partial charge in [0, 0.05) is 25.7 Å². The Labute approximate surface area is 138 Å². The molecule has 0 aliphatic carbocycles. The summed E-state index contributed by atoms with van der Waals surface area (Å²) >= 11 is 0. The van der Waals surface area contributed by atoms with E-state index in [-0.39, 0.29) is 5.91 Å². The second-order valence-corrected chi connectivity index (χ2v) is 6.22. The number of likely N-dealkylation sites (N-methyl/N-ethyl adjacent to an activating group) is 1. The molecule has 120 valence electrons. The summed E-state index contributed by atoms with van der Waals surface area (Å²) in [6.45, 7) is 4.10. The topological polar surface area (TPSA) is 23.6 Å². The monoisotopic (exact) mass is 308 g/mol. The Kier molecular flexibility index (Phi) is 5.09. The number of nitrogens with zero attached hydrogens (tertiary/aromatic N) is 2.